The normalized spacial score (nSPS) is 10.4. The van der Waals surface area contributed by atoms with Crippen LogP contribution in [-0.2, 0) is 11.2 Å². The van der Waals surface area contributed by atoms with Crippen LogP contribution in [0.1, 0.15) is 16.7 Å². The predicted octanol–water partition coefficient (Wildman–Crippen LogP) is 4.38. The number of aryl methyl sites for hydroxylation is 2. The van der Waals surface area contributed by atoms with E-state index in [1.807, 2.05) is 50.2 Å². The van der Waals surface area contributed by atoms with Crippen LogP contribution in [0.5, 0.6) is 0 Å². The first-order valence-electron chi connectivity index (χ1n) is 7.47. The zero-order chi connectivity index (χ0) is 16.8. The van der Waals surface area contributed by atoms with E-state index in [9.17, 15) is 4.79 Å². The summed E-state index contributed by atoms with van der Waals surface area (Å²) in [7, 11) is 0. The Morgan fingerprint density at radius 1 is 1.13 bits per heavy atom. The first kappa shape index (κ1) is 17.6. The maximum Gasteiger partial charge on any atom is 0.239 e. The molecular weight excluding hydrogens is 331 g/mol. The highest BCUT2D eigenvalue weighted by Gasteiger charge is 2.07. The number of halogens is 2. The van der Waals surface area contributed by atoms with Gasteiger partial charge in [0.1, 0.15) is 0 Å². The summed E-state index contributed by atoms with van der Waals surface area (Å²) in [4.78, 5) is 11.9. The molecule has 0 aliphatic heterocycles. The number of nitrogens with one attached hydrogen (secondary N) is 2. The fourth-order valence-electron chi connectivity index (χ4n) is 2.41. The van der Waals surface area contributed by atoms with E-state index >= 15 is 0 Å². The number of benzene rings is 2. The molecule has 0 saturated heterocycles. The minimum atomic E-state index is -0.0666. The minimum Gasteiger partial charge on any atom is -0.375 e. The van der Waals surface area contributed by atoms with Crippen molar-refractivity contribution >= 4 is 34.8 Å². The largest absolute Gasteiger partial charge is 0.375 e. The second-order valence-corrected chi connectivity index (χ2v) is 6.37. The summed E-state index contributed by atoms with van der Waals surface area (Å²) >= 11 is 12.1. The van der Waals surface area contributed by atoms with Gasteiger partial charge in [0.05, 0.1) is 17.3 Å². The second kappa shape index (κ2) is 8.23. The van der Waals surface area contributed by atoms with Gasteiger partial charge in [0, 0.05) is 11.6 Å². The molecule has 5 heteroatoms. The third-order valence-electron chi connectivity index (χ3n) is 3.48. The van der Waals surface area contributed by atoms with Gasteiger partial charge in [-0.05, 0) is 55.2 Å². The number of carbonyl (C=O) groups excluding carboxylic acids is 1. The molecule has 1 amide bonds. The molecule has 122 valence electrons. The molecule has 2 aromatic carbocycles. The Labute approximate surface area is 147 Å². The third-order valence-corrected chi connectivity index (χ3v) is 4.02. The average molecular weight is 351 g/mol. The van der Waals surface area contributed by atoms with Gasteiger partial charge < -0.3 is 10.6 Å². The standard InChI is InChI=1S/C18H20Cl2N2O/c1-12-8-13(2)18(16(20)9-12)22-11-17(23)21-7-6-14-4-3-5-15(19)10-14/h3-5,8-10,22H,6-7,11H2,1-2H3,(H,21,23). The fraction of sp³-hybridized carbons (Fsp3) is 0.278. The van der Waals surface area contributed by atoms with Crippen LogP contribution in [0.15, 0.2) is 36.4 Å². The first-order chi connectivity index (χ1) is 11.0. The van der Waals surface area contributed by atoms with E-state index in [2.05, 4.69) is 10.6 Å². The zero-order valence-corrected chi connectivity index (χ0v) is 14.8. The maximum absolute atomic E-state index is 11.9. The van der Waals surface area contributed by atoms with E-state index in [-0.39, 0.29) is 12.5 Å². The van der Waals surface area contributed by atoms with Crippen LogP contribution in [0.4, 0.5) is 5.69 Å². The molecule has 0 atom stereocenters. The second-order valence-electron chi connectivity index (χ2n) is 5.52. The van der Waals surface area contributed by atoms with Crippen molar-refractivity contribution in [2.75, 3.05) is 18.4 Å². The SMILES string of the molecule is Cc1cc(C)c(NCC(=O)NCCc2cccc(Cl)c2)c(Cl)c1. The van der Waals surface area contributed by atoms with Gasteiger partial charge in [-0.15, -0.1) is 0 Å². The van der Waals surface area contributed by atoms with Crippen LogP contribution in [-0.4, -0.2) is 19.0 Å². The molecule has 0 spiro atoms. The van der Waals surface area contributed by atoms with Gasteiger partial charge in [-0.25, -0.2) is 0 Å². The topological polar surface area (TPSA) is 41.1 Å². The van der Waals surface area contributed by atoms with Gasteiger partial charge in [-0.2, -0.15) is 0 Å². The van der Waals surface area contributed by atoms with Crippen molar-refractivity contribution in [3.05, 3.63) is 63.1 Å². The highest BCUT2D eigenvalue weighted by atomic mass is 35.5. The van der Waals surface area contributed by atoms with E-state index < -0.39 is 0 Å². The summed E-state index contributed by atoms with van der Waals surface area (Å²) in [6.07, 6.45) is 0.747. The molecule has 0 radical (unpaired) electrons. The lowest BCUT2D eigenvalue weighted by molar-refractivity contribution is -0.119. The Kier molecular flexibility index (Phi) is 6.31. The van der Waals surface area contributed by atoms with Crippen LogP contribution in [0.25, 0.3) is 0 Å². The Hall–Kier alpha value is -1.71. The summed E-state index contributed by atoms with van der Waals surface area (Å²) < 4.78 is 0. The van der Waals surface area contributed by atoms with Gasteiger partial charge in [0.2, 0.25) is 5.91 Å². The van der Waals surface area contributed by atoms with Crippen molar-refractivity contribution in [2.45, 2.75) is 20.3 Å². The molecule has 0 aliphatic carbocycles. The number of hydrogen-bond donors (Lipinski definition) is 2. The molecule has 0 bridgehead atoms. The van der Waals surface area contributed by atoms with Crippen molar-refractivity contribution in [1.82, 2.24) is 5.32 Å². The number of amides is 1. The Bertz CT molecular complexity index is 678. The molecule has 2 rings (SSSR count). The number of carbonyl (C=O) groups is 1. The lowest BCUT2D eigenvalue weighted by Gasteiger charge is -2.12. The number of hydrogen-bond acceptors (Lipinski definition) is 2. The molecule has 0 fully saturated rings. The molecule has 23 heavy (non-hydrogen) atoms. The van der Waals surface area contributed by atoms with E-state index in [4.69, 9.17) is 23.2 Å². The van der Waals surface area contributed by atoms with Crippen LogP contribution >= 0.6 is 23.2 Å². The molecule has 2 aromatic rings. The summed E-state index contributed by atoms with van der Waals surface area (Å²) in [5.74, 6) is -0.0666. The zero-order valence-electron chi connectivity index (χ0n) is 13.2. The Morgan fingerprint density at radius 2 is 1.91 bits per heavy atom. The molecule has 0 unspecified atom stereocenters. The molecular formula is C18H20Cl2N2O. The number of anilines is 1. The Balaban J connectivity index is 1.79. The third kappa shape index (κ3) is 5.45. The van der Waals surface area contributed by atoms with E-state index in [1.165, 1.54) is 0 Å². The lowest BCUT2D eigenvalue weighted by atomic mass is 10.1. The van der Waals surface area contributed by atoms with Crippen molar-refractivity contribution in [1.29, 1.82) is 0 Å². The Morgan fingerprint density at radius 3 is 2.61 bits per heavy atom. The predicted molar refractivity (Wildman–Crippen MR) is 97.6 cm³/mol. The first-order valence-corrected chi connectivity index (χ1v) is 8.23. The van der Waals surface area contributed by atoms with E-state index in [0.29, 0.717) is 16.6 Å². The van der Waals surface area contributed by atoms with Crippen LogP contribution in [0.2, 0.25) is 10.0 Å². The van der Waals surface area contributed by atoms with Crippen molar-refractivity contribution in [3.63, 3.8) is 0 Å². The van der Waals surface area contributed by atoms with Gasteiger partial charge in [0.15, 0.2) is 0 Å². The number of rotatable bonds is 6. The maximum atomic E-state index is 11.9. The molecule has 0 saturated carbocycles. The van der Waals surface area contributed by atoms with Gasteiger partial charge in [-0.1, -0.05) is 41.4 Å². The van der Waals surface area contributed by atoms with Crippen molar-refractivity contribution in [2.24, 2.45) is 0 Å². The van der Waals surface area contributed by atoms with E-state index in [1.54, 1.807) is 0 Å². The smallest absolute Gasteiger partial charge is 0.239 e. The fourth-order valence-corrected chi connectivity index (χ4v) is 3.01. The quantitative estimate of drug-likeness (QED) is 0.811. The molecule has 2 N–H and O–H groups in total. The van der Waals surface area contributed by atoms with E-state index in [0.717, 1.165) is 28.8 Å². The summed E-state index contributed by atoms with van der Waals surface area (Å²) in [5, 5.41) is 7.33. The van der Waals surface area contributed by atoms with Crippen LogP contribution in [0.3, 0.4) is 0 Å². The van der Waals surface area contributed by atoms with Gasteiger partial charge >= 0.3 is 0 Å². The summed E-state index contributed by atoms with van der Waals surface area (Å²) in [6, 6.07) is 11.6. The highest BCUT2D eigenvalue weighted by Crippen LogP contribution is 2.26. The lowest BCUT2D eigenvalue weighted by Crippen LogP contribution is -2.31. The molecule has 0 heterocycles. The average Bonchev–Trinajstić information content (AvgIpc) is 2.46. The summed E-state index contributed by atoms with van der Waals surface area (Å²) in [5.41, 5.74) is 4.04. The van der Waals surface area contributed by atoms with Crippen LogP contribution in [0, 0.1) is 13.8 Å². The molecule has 3 nitrogen and oxygen atoms in total. The van der Waals surface area contributed by atoms with Crippen LogP contribution < -0.4 is 10.6 Å². The summed E-state index contributed by atoms with van der Waals surface area (Å²) in [6.45, 7) is 4.73. The monoisotopic (exact) mass is 350 g/mol. The van der Waals surface area contributed by atoms with Crippen molar-refractivity contribution < 1.29 is 4.79 Å². The molecule has 0 aliphatic rings. The minimum absolute atomic E-state index is 0.0666. The van der Waals surface area contributed by atoms with Crippen molar-refractivity contribution in [3.8, 4) is 0 Å². The molecule has 0 aromatic heterocycles. The van der Waals surface area contributed by atoms with Gasteiger partial charge in [-0.3, -0.25) is 4.79 Å². The van der Waals surface area contributed by atoms with Gasteiger partial charge in [0.25, 0.3) is 0 Å². The highest BCUT2D eigenvalue weighted by molar-refractivity contribution is 6.33.